The normalized spacial score (nSPS) is 17.0. The van der Waals surface area contributed by atoms with E-state index in [-0.39, 0.29) is 0 Å². The van der Waals surface area contributed by atoms with Gasteiger partial charge in [0.15, 0.2) is 5.96 Å². The lowest BCUT2D eigenvalue weighted by molar-refractivity contribution is 0.192. The summed E-state index contributed by atoms with van der Waals surface area (Å²) < 4.78 is 0. The molecule has 24 heavy (non-hydrogen) atoms. The molecule has 1 saturated heterocycles. The maximum absolute atomic E-state index is 4.69. The van der Waals surface area contributed by atoms with Crippen LogP contribution >= 0.6 is 0 Å². The van der Waals surface area contributed by atoms with Crippen LogP contribution in [0.15, 0.2) is 29.4 Å². The number of aromatic nitrogens is 1. The van der Waals surface area contributed by atoms with E-state index < -0.39 is 0 Å². The summed E-state index contributed by atoms with van der Waals surface area (Å²) in [5, 5.41) is 6.72. The summed E-state index contributed by atoms with van der Waals surface area (Å²) in [5.74, 6) is 1.82. The Hall–Kier alpha value is -1.62. The Kier molecular flexibility index (Phi) is 8.60. The average Bonchev–Trinajstić information content (AvgIpc) is 2.61. The van der Waals surface area contributed by atoms with Crippen molar-refractivity contribution in [3.8, 4) is 0 Å². The second-order valence-corrected chi connectivity index (χ2v) is 6.64. The first kappa shape index (κ1) is 18.7. The van der Waals surface area contributed by atoms with Gasteiger partial charge in [-0.3, -0.25) is 9.98 Å². The molecule has 0 aromatic carbocycles. The van der Waals surface area contributed by atoms with Gasteiger partial charge in [0.25, 0.3) is 0 Å². The number of pyridine rings is 1. The molecule has 0 aliphatic carbocycles. The highest BCUT2D eigenvalue weighted by molar-refractivity contribution is 5.79. The Morgan fingerprint density at radius 2 is 2.12 bits per heavy atom. The number of nitrogens with one attached hydrogen (secondary N) is 2. The van der Waals surface area contributed by atoms with Crippen molar-refractivity contribution in [3.05, 3.63) is 30.1 Å². The van der Waals surface area contributed by atoms with Crippen LogP contribution in [-0.4, -0.2) is 55.1 Å². The van der Waals surface area contributed by atoms with E-state index in [1.165, 1.54) is 32.5 Å². The number of likely N-dealkylation sites (tertiary alicyclic amines) is 1. The Morgan fingerprint density at radius 1 is 1.29 bits per heavy atom. The zero-order valence-electron chi connectivity index (χ0n) is 15.3. The van der Waals surface area contributed by atoms with Crippen LogP contribution in [0.3, 0.4) is 0 Å². The van der Waals surface area contributed by atoms with E-state index in [9.17, 15) is 0 Å². The first-order valence-corrected chi connectivity index (χ1v) is 9.42. The van der Waals surface area contributed by atoms with Crippen LogP contribution < -0.4 is 10.6 Å². The Balaban J connectivity index is 1.64. The molecule has 0 spiro atoms. The monoisotopic (exact) mass is 331 g/mol. The van der Waals surface area contributed by atoms with Crippen molar-refractivity contribution >= 4 is 5.96 Å². The molecular formula is C19H33N5. The number of piperidine rings is 1. The van der Waals surface area contributed by atoms with Gasteiger partial charge >= 0.3 is 0 Å². The predicted octanol–water partition coefficient (Wildman–Crippen LogP) is 2.30. The highest BCUT2D eigenvalue weighted by Crippen LogP contribution is 2.15. The molecule has 5 nitrogen and oxygen atoms in total. The average molecular weight is 332 g/mol. The van der Waals surface area contributed by atoms with Crippen molar-refractivity contribution in [2.75, 3.05) is 39.3 Å². The third-order valence-electron chi connectivity index (χ3n) is 4.52. The van der Waals surface area contributed by atoms with Gasteiger partial charge in [0.05, 0.1) is 0 Å². The van der Waals surface area contributed by atoms with Gasteiger partial charge < -0.3 is 15.5 Å². The molecule has 134 valence electrons. The van der Waals surface area contributed by atoms with Gasteiger partial charge in [0.1, 0.15) is 0 Å². The molecule has 1 aromatic heterocycles. The molecule has 0 bridgehead atoms. The first-order valence-electron chi connectivity index (χ1n) is 9.42. The molecule has 0 amide bonds. The molecule has 2 N–H and O–H groups in total. The van der Waals surface area contributed by atoms with Crippen LogP contribution in [0.5, 0.6) is 0 Å². The van der Waals surface area contributed by atoms with E-state index >= 15 is 0 Å². The number of nitrogens with zero attached hydrogens (tertiary/aromatic N) is 3. The highest BCUT2D eigenvalue weighted by Gasteiger charge is 2.14. The van der Waals surface area contributed by atoms with Crippen LogP contribution in [-0.2, 0) is 6.42 Å². The summed E-state index contributed by atoms with van der Waals surface area (Å²) in [5.41, 5.74) is 1.11. The Bertz CT molecular complexity index is 466. The first-order chi connectivity index (χ1) is 11.8. The summed E-state index contributed by atoms with van der Waals surface area (Å²) in [4.78, 5) is 11.6. The summed E-state index contributed by atoms with van der Waals surface area (Å²) in [6.07, 6.45) is 6.58. The van der Waals surface area contributed by atoms with Crippen molar-refractivity contribution in [1.82, 2.24) is 20.5 Å². The minimum atomic E-state index is 0.854. The molecule has 1 aromatic rings. The number of aliphatic imine (C=N–C) groups is 1. The third-order valence-corrected chi connectivity index (χ3v) is 4.52. The molecule has 0 atom stereocenters. The number of rotatable bonds is 8. The zero-order chi connectivity index (χ0) is 17.0. The molecule has 0 saturated carbocycles. The van der Waals surface area contributed by atoms with Crippen molar-refractivity contribution in [2.45, 2.75) is 39.5 Å². The predicted molar refractivity (Wildman–Crippen MR) is 101 cm³/mol. The van der Waals surface area contributed by atoms with Gasteiger partial charge in [-0.1, -0.05) is 13.0 Å². The van der Waals surface area contributed by atoms with Crippen LogP contribution in [0.25, 0.3) is 0 Å². The van der Waals surface area contributed by atoms with E-state index in [1.807, 2.05) is 18.3 Å². The van der Waals surface area contributed by atoms with Crippen LogP contribution in [0.1, 0.15) is 38.8 Å². The minimum absolute atomic E-state index is 0.854. The van der Waals surface area contributed by atoms with Gasteiger partial charge in [-0.15, -0.1) is 0 Å². The summed E-state index contributed by atoms with van der Waals surface area (Å²) >= 11 is 0. The topological polar surface area (TPSA) is 52.6 Å². The Labute approximate surface area is 147 Å². The fraction of sp³-hybridized carbons (Fsp3) is 0.684. The van der Waals surface area contributed by atoms with E-state index in [2.05, 4.69) is 40.4 Å². The summed E-state index contributed by atoms with van der Waals surface area (Å²) in [7, 11) is 0. The SMILES string of the molecule is CCNC(=NCCCN1CCC(C)CC1)NCCc1ccccn1. The molecule has 5 heteroatoms. The van der Waals surface area contributed by atoms with Crippen LogP contribution in [0.4, 0.5) is 0 Å². The smallest absolute Gasteiger partial charge is 0.191 e. The molecule has 0 radical (unpaired) electrons. The van der Waals surface area contributed by atoms with Crippen LogP contribution in [0, 0.1) is 5.92 Å². The lowest BCUT2D eigenvalue weighted by atomic mass is 9.99. The van der Waals surface area contributed by atoms with Gasteiger partial charge in [-0.25, -0.2) is 0 Å². The van der Waals surface area contributed by atoms with Crippen molar-refractivity contribution < 1.29 is 0 Å². The van der Waals surface area contributed by atoms with Crippen molar-refractivity contribution in [3.63, 3.8) is 0 Å². The molecular weight excluding hydrogens is 298 g/mol. The largest absolute Gasteiger partial charge is 0.357 e. The number of guanidine groups is 1. The lowest BCUT2D eigenvalue weighted by Crippen LogP contribution is -2.38. The van der Waals surface area contributed by atoms with Crippen LogP contribution in [0.2, 0.25) is 0 Å². The van der Waals surface area contributed by atoms with Gasteiger partial charge in [0, 0.05) is 37.9 Å². The van der Waals surface area contributed by atoms with Crippen molar-refractivity contribution in [1.29, 1.82) is 0 Å². The van der Waals surface area contributed by atoms with Gasteiger partial charge in [0.2, 0.25) is 0 Å². The molecule has 1 fully saturated rings. The van der Waals surface area contributed by atoms with Gasteiger partial charge in [-0.2, -0.15) is 0 Å². The van der Waals surface area contributed by atoms with Crippen molar-refractivity contribution in [2.24, 2.45) is 10.9 Å². The molecule has 2 heterocycles. The maximum Gasteiger partial charge on any atom is 0.191 e. The molecule has 2 rings (SSSR count). The highest BCUT2D eigenvalue weighted by atomic mass is 15.2. The molecule has 1 aliphatic rings. The van der Waals surface area contributed by atoms with E-state index in [1.54, 1.807) is 0 Å². The van der Waals surface area contributed by atoms with E-state index in [4.69, 9.17) is 4.99 Å². The molecule has 1 aliphatic heterocycles. The summed E-state index contributed by atoms with van der Waals surface area (Å²) in [6, 6.07) is 6.04. The lowest BCUT2D eigenvalue weighted by Gasteiger charge is -2.29. The number of hydrogen-bond donors (Lipinski definition) is 2. The second kappa shape index (κ2) is 11.0. The maximum atomic E-state index is 4.69. The minimum Gasteiger partial charge on any atom is -0.357 e. The van der Waals surface area contributed by atoms with Gasteiger partial charge in [-0.05, 0) is 63.9 Å². The van der Waals surface area contributed by atoms with E-state index in [0.29, 0.717) is 0 Å². The Morgan fingerprint density at radius 3 is 2.83 bits per heavy atom. The van der Waals surface area contributed by atoms with E-state index in [0.717, 1.165) is 50.0 Å². The quantitative estimate of drug-likeness (QED) is 0.436. The zero-order valence-corrected chi connectivity index (χ0v) is 15.3. The summed E-state index contributed by atoms with van der Waals surface area (Å²) in [6.45, 7) is 10.8. The number of hydrogen-bond acceptors (Lipinski definition) is 3. The fourth-order valence-corrected chi connectivity index (χ4v) is 2.97. The fourth-order valence-electron chi connectivity index (χ4n) is 2.97. The molecule has 0 unspecified atom stereocenters. The third kappa shape index (κ3) is 7.30. The second-order valence-electron chi connectivity index (χ2n) is 6.64. The standard InChI is InChI=1S/C19H33N5/c1-3-20-19(23-13-8-18-7-4-5-11-21-18)22-12-6-14-24-15-9-17(2)10-16-24/h4-5,7,11,17H,3,6,8-10,12-16H2,1-2H3,(H2,20,22,23).